The van der Waals surface area contributed by atoms with Gasteiger partial charge in [-0.05, 0) is 55.9 Å². The number of fused-ring (bicyclic) bond motifs is 1. The zero-order valence-corrected chi connectivity index (χ0v) is 16.7. The van der Waals surface area contributed by atoms with Crippen LogP contribution in [0.5, 0.6) is 5.75 Å². The van der Waals surface area contributed by atoms with Crippen molar-refractivity contribution in [1.82, 2.24) is 10.3 Å². The number of anilines is 1. The zero-order valence-electron chi connectivity index (χ0n) is 15.9. The second-order valence-corrected chi connectivity index (χ2v) is 8.09. The molecule has 0 saturated heterocycles. The second-order valence-electron chi connectivity index (χ2n) is 7.01. The molecular weight excluding hydrogens is 362 g/mol. The number of nitrogens with zero attached hydrogens (tertiary/aromatic N) is 1. The summed E-state index contributed by atoms with van der Waals surface area (Å²) >= 11 is 1.54. The van der Waals surface area contributed by atoms with E-state index in [-0.39, 0.29) is 17.7 Å². The van der Waals surface area contributed by atoms with Gasteiger partial charge in [-0.2, -0.15) is 0 Å². The summed E-state index contributed by atoms with van der Waals surface area (Å²) in [5.74, 6) is 0.0992. The third-order valence-electron chi connectivity index (χ3n) is 4.66. The lowest BCUT2D eigenvalue weighted by molar-refractivity contribution is -0.118. The average molecular weight is 388 g/mol. The number of rotatable bonds is 6. The number of benzene rings is 1. The lowest BCUT2D eigenvalue weighted by atomic mass is 10.0. The number of methoxy groups -OCH3 is 1. The molecule has 2 aromatic rings. The van der Waals surface area contributed by atoms with Gasteiger partial charge in [0.2, 0.25) is 5.91 Å². The van der Waals surface area contributed by atoms with Gasteiger partial charge in [0.1, 0.15) is 11.8 Å². The van der Waals surface area contributed by atoms with Gasteiger partial charge in [-0.25, -0.2) is 4.98 Å². The van der Waals surface area contributed by atoms with E-state index in [1.54, 1.807) is 42.7 Å². The van der Waals surface area contributed by atoms with E-state index >= 15 is 0 Å². The first-order valence-corrected chi connectivity index (χ1v) is 10.0. The summed E-state index contributed by atoms with van der Waals surface area (Å²) in [6, 6.07) is 6.16. The van der Waals surface area contributed by atoms with E-state index in [4.69, 9.17) is 4.74 Å². The zero-order chi connectivity index (χ0) is 19.4. The molecule has 1 aromatic heterocycles. The van der Waals surface area contributed by atoms with Crippen molar-refractivity contribution in [2.24, 2.45) is 5.92 Å². The van der Waals surface area contributed by atoms with Gasteiger partial charge in [-0.3, -0.25) is 9.59 Å². The molecule has 0 fully saturated rings. The van der Waals surface area contributed by atoms with Gasteiger partial charge < -0.3 is 15.4 Å². The van der Waals surface area contributed by atoms with Crippen molar-refractivity contribution < 1.29 is 14.3 Å². The van der Waals surface area contributed by atoms with Gasteiger partial charge in [0.05, 0.1) is 12.8 Å². The second kappa shape index (κ2) is 8.52. The fourth-order valence-electron chi connectivity index (χ4n) is 3.09. The third kappa shape index (κ3) is 4.66. The average Bonchev–Trinajstić information content (AvgIpc) is 3.07. The fourth-order valence-corrected chi connectivity index (χ4v) is 4.14. The normalized spacial score (nSPS) is 14.4. The molecule has 3 rings (SSSR count). The minimum absolute atomic E-state index is 0.0539. The molecule has 0 spiro atoms. The van der Waals surface area contributed by atoms with Crippen LogP contribution in [0, 0.1) is 5.92 Å². The molecule has 7 heteroatoms. The van der Waals surface area contributed by atoms with Gasteiger partial charge in [0.15, 0.2) is 5.13 Å². The van der Waals surface area contributed by atoms with Crippen molar-refractivity contribution in [3.05, 3.63) is 40.4 Å². The summed E-state index contributed by atoms with van der Waals surface area (Å²) in [5, 5.41) is 6.35. The van der Waals surface area contributed by atoms with E-state index in [1.165, 1.54) is 11.3 Å². The van der Waals surface area contributed by atoms with Crippen LogP contribution in [0.25, 0.3) is 0 Å². The topological polar surface area (TPSA) is 80.3 Å². The molecule has 6 nitrogen and oxygen atoms in total. The highest BCUT2D eigenvalue weighted by Gasteiger charge is 2.26. The first-order valence-electron chi connectivity index (χ1n) is 9.22. The van der Waals surface area contributed by atoms with E-state index in [2.05, 4.69) is 15.6 Å². The maximum Gasteiger partial charge on any atom is 0.251 e. The van der Waals surface area contributed by atoms with E-state index in [0.717, 1.165) is 25.0 Å². The molecule has 2 N–H and O–H groups in total. The minimum atomic E-state index is -0.638. The van der Waals surface area contributed by atoms with Crippen LogP contribution in [0.2, 0.25) is 0 Å². The highest BCUT2D eigenvalue weighted by molar-refractivity contribution is 7.15. The Balaban J connectivity index is 1.67. The van der Waals surface area contributed by atoms with Gasteiger partial charge >= 0.3 is 0 Å². The fraction of sp³-hybridized carbons (Fsp3) is 0.450. The number of hydrogen-bond acceptors (Lipinski definition) is 5. The van der Waals surface area contributed by atoms with E-state index in [9.17, 15) is 9.59 Å². The molecule has 0 unspecified atom stereocenters. The van der Waals surface area contributed by atoms with Crippen molar-refractivity contribution in [3.63, 3.8) is 0 Å². The Morgan fingerprint density at radius 1 is 1.15 bits per heavy atom. The van der Waals surface area contributed by atoms with Gasteiger partial charge in [0, 0.05) is 10.4 Å². The number of nitrogens with one attached hydrogen (secondary N) is 2. The molecule has 144 valence electrons. The molecule has 2 amide bonds. The van der Waals surface area contributed by atoms with Gasteiger partial charge in [0.25, 0.3) is 5.91 Å². The van der Waals surface area contributed by atoms with Crippen LogP contribution in [0.4, 0.5) is 5.13 Å². The molecule has 27 heavy (non-hydrogen) atoms. The summed E-state index contributed by atoms with van der Waals surface area (Å²) in [5.41, 5.74) is 1.59. The molecule has 1 aliphatic carbocycles. The maximum absolute atomic E-state index is 12.8. The molecule has 0 aliphatic heterocycles. The Morgan fingerprint density at radius 3 is 2.48 bits per heavy atom. The van der Waals surface area contributed by atoms with Crippen molar-refractivity contribution in [3.8, 4) is 5.75 Å². The Bertz CT molecular complexity index is 791. The number of hydrogen-bond donors (Lipinski definition) is 2. The van der Waals surface area contributed by atoms with Crippen LogP contribution in [0.3, 0.4) is 0 Å². The van der Waals surface area contributed by atoms with Crippen LogP contribution < -0.4 is 15.4 Å². The molecule has 1 atom stereocenters. The number of aromatic nitrogens is 1. The number of thiazole rings is 1. The highest BCUT2D eigenvalue weighted by atomic mass is 32.1. The van der Waals surface area contributed by atoms with Crippen LogP contribution in [0.1, 0.15) is 47.6 Å². The van der Waals surface area contributed by atoms with Crippen molar-refractivity contribution in [2.75, 3.05) is 12.4 Å². The largest absolute Gasteiger partial charge is 0.497 e. The van der Waals surface area contributed by atoms with E-state index in [1.807, 2.05) is 13.8 Å². The summed E-state index contributed by atoms with van der Waals surface area (Å²) in [6.45, 7) is 3.82. The van der Waals surface area contributed by atoms with E-state index in [0.29, 0.717) is 16.4 Å². The van der Waals surface area contributed by atoms with Crippen LogP contribution in [0.15, 0.2) is 24.3 Å². The minimum Gasteiger partial charge on any atom is -0.497 e. The Kier molecular flexibility index (Phi) is 6.11. The first kappa shape index (κ1) is 19.4. The van der Waals surface area contributed by atoms with Crippen molar-refractivity contribution in [2.45, 2.75) is 45.6 Å². The predicted molar refractivity (Wildman–Crippen MR) is 106 cm³/mol. The standard InChI is InChI=1S/C20H25N3O3S/c1-12(2)17(22-18(24)13-8-10-14(26-3)11-9-13)19(25)23-20-21-15-6-4-5-7-16(15)27-20/h8-12,17H,4-7H2,1-3H3,(H,22,24)(H,21,23,25)/t17-/m1/s1. The van der Waals surface area contributed by atoms with Gasteiger partial charge in [-0.15, -0.1) is 11.3 Å². The number of ether oxygens (including phenoxy) is 1. The third-order valence-corrected chi connectivity index (χ3v) is 5.74. The molecule has 1 aromatic carbocycles. The molecule has 0 bridgehead atoms. The molecule has 1 heterocycles. The quantitative estimate of drug-likeness (QED) is 0.796. The number of aryl methyl sites for hydroxylation is 2. The van der Waals surface area contributed by atoms with Crippen LogP contribution in [-0.4, -0.2) is 29.9 Å². The number of carbonyl (C=O) groups is 2. The molecular formula is C20H25N3O3S. The van der Waals surface area contributed by atoms with Crippen LogP contribution >= 0.6 is 11.3 Å². The Labute approximate surface area is 163 Å². The lowest BCUT2D eigenvalue weighted by Gasteiger charge is -2.21. The number of amides is 2. The predicted octanol–water partition coefficient (Wildman–Crippen LogP) is 3.42. The maximum atomic E-state index is 12.8. The Morgan fingerprint density at radius 2 is 1.85 bits per heavy atom. The van der Waals surface area contributed by atoms with Crippen molar-refractivity contribution >= 4 is 28.3 Å². The Hall–Kier alpha value is -2.41. The summed E-state index contributed by atoms with van der Waals surface area (Å²) < 4.78 is 5.11. The summed E-state index contributed by atoms with van der Waals surface area (Å²) in [7, 11) is 1.57. The summed E-state index contributed by atoms with van der Waals surface area (Å²) in [6.07, 6.45) is 4.33. The van der Waals surface area contributed by atoms with Gasteiger partial charge in [-0.1, -0.05) is 13.8 Å². The molecule has 1 aliphatic rings. The smallest absolute Gasteiger partial charge is 0.251 e. The molecule has 0 saturated carbocycles. The molecule has 0 radical (unpaired) electrons. The van der Waals surface area contributed by atoms with Crippen molar-refractivity contribution in [1.29, 1.82) is 0 Å². The lowest BCUT2D eigenvalue weighted by Crippen LogP contribution is -2.47. The van der Waals surface area contributed by atoms with E-state index < -0.39 is 6.04 Å². The van der Waals surface area contributed by atoms with Crippen LogP contribution in [-0.2, 0) is 17.6 Å². The summed E-state index contributed by atoms with van der Waals surface area (Å²) in [4.78, 5) is 31.1. The monoisotopic (exact) mass is 387 g/mol. The number of carbonyl (C=O) groups excluding carboxylic acids is 2. The highest BCUT2D eigenvalue weighted by Crippen LogP contribution is 2.29. The first-order chi connectivity index (χ1) is 13.0. The SMILES string of the molecule is COc1ccc(C(=O)N[C@@H](C(=O)Nc2nc3c(s2)CCCC3)C(C)C)cc1.